The minimum absolute atomic E-state index is 0.120. The Bertz CT molecular complexity index is 393. The molecule has 1 saturated carbocycles. The second-order valence-electron chi connectivity index (χ2n) is 3.17. The third kappa shape index (κ3) is 1.27. The maximum atomic E-state index is 13.2. The number of nitriles is 1. The lowest BCUT2D eigenvalue weighted by atomic mass is 10.00. The van der Waals surface area contributed by atoms with Crippen molar-refractivity contribution in [1.82, 2.24) is 4.98 Å². The normalized spacial score (nSPS) is 17.9. The number of halogens is 2. The average molecular weight is 197 g/mol. The maximum absolute atomic E-state index is 13.2. The van der Waals surface area contributed by atoms with E-state index in [-0.39, 0.29) is 5.15 Å². The first-order valence-electron chi connectivity index (χ1n) is 3.92. The lowest BCUT2D eigenvalue weighted by molar-refractivity contribution is 0.557. The Hall–Kier alpha value is -1.14. The summed E-state index contributed by atoms with van der Waals surface area (Å²) in [6, 6.07) is 5.16. The molecule has 0 aromatic carbocycles. The van der Waals surface area contributed by atoms with Crippen LogP contribution in [0, 0.1) is 17.3 Å². The summed E-state index contributed by atoms with van der Waals surface area (Å²) in [6.45, 7) is 0. The highest BCUT2D eigenvalue weighted by molar-refractivity contribution is 6.29. The Balaban J connectivity index is 2.48. The molecule has 4 heteroatoms. The molecule has 0 aliphatic heterocycles. The molecule has 0 atom stereocenters. The van der Waals surface area contributed by atoms with Crippen molar-refractivity contribution in [2.45, 2.75) is 18.3 Å². The largest absolute Gasteiger partial charge is 0.219 e. The molecule has 1 aromatic rings. The van der Waals surface area contributed by atoms with Crippen LogP contribution in [0.2, 0.25) is 5.15 Å². The van der Waals surface area contributed by atoms with Crippen LogP contribution in [0.3, 0.4) is 0 Å². The molecule has 0 N–H and O–H groups in total. The Morgan fingerprint density at radius 3 is 2.69 bits per heavy atom. The lowest BCUT2D eigenvalue weighted by Crippen LogP contribution is -2.07. The maximum Gasteiger partial charge on any atom is 0.219 e. The van der Waals surface area contributed by atoms with Gasteiger partial charge in [0.25, 0.3) is 0 Å². The van der Waals surface area contributed by atoms with Gasteiger partial charge in [0.15, 0.2) is 0 Å². The van der Waals surface area contributed by atoms with Gasteiger partial charge >= 0.3 is 0 Å². The molecule has 1 aliphatic carbocycles. The molecular weight excluding hydrogens is 191 g/mol. The van der Waals surface area contributed by atoms with Crippen LogP contribution < -0.4 is 0 Å². The van der Waals surface area contributed by atoms with E-state index in [0.717, 1.165) is 0 Å². The molecule has 1 fully saturated rings. The van der Waals surface area contributed by atoms with Gasteiger partial charge in [-0.1, -0.05) is 11.6 Å². The van der Waals surface area contributed by atoms with Crippen molar-refractivity contribution in [3.63, 3.8) is 0 Å². The van der Waals surface area contributed by atoms with Crippen molar-refractivity contribution in [2.75, 3.05) is 0 Å². The fourth-order valence-electron chi connectivity index (χ4n) is 1.34. The van der Waals surface area contributed by atoms with E-state index in [0.29, 0.717) is 18.4 Å². The summed E-state index contributed by atoms with van der Waals surface area (Å²) in [4.78, 5) is 3.48. The minimum atomic E-state index is -0.623. The van der Waals surface area contributed by atoms with Crippen molar-refractivity contribution in [3.05, 3.63) is 28.8 Å². The standard InChI is InChI=1S/C9H6ClFN2/c10-7-2-1-6(8(11)13-7)9(5-12)3-4-9/h1-2H,3-4H2. The summed E-state index contributed by atoms with van der Waals surface area (Å²) in [5.41, 5.74) is -0.249. The number of aromatic nitrogens is 1. The van der Waals surface area contributed by atoms with E-state index in [4.69, 9.17) is 16.9 Å². The van der Waals surface area contributed by atoms with Crippen molar-refractivity contribution < 1.29 is 4.39 Å². The van der Waals surface area contributed by atoms with E-state index in [9.17, 15) is 4.39 Å². The van der Waals surface area contributed by atoms with Gasteiger partial charge < -0.3 is 0 Å². The van der Waals surface area contributed by atoms with E-state index in [1.165, 1.54) is 6.07 Å². The van der Waals surface area contributed by atoms with Crippen LogP contribution >= 0.6 is 11.6 Å². The zero-order valence-corrected chi connectivity index (χ0v) is 7.48. The summed E-state index contributed by atoms with van der Waals surface area (Å²) in [5, 5.41) is 8.95. The van der Waals surface area contributed by atoms with Crippen molar-refractivity contribution in [2.24, 2.45) is 0 Å². The highest BCUT2D eigenvalue weighted by atomic mass is 35.5. The second kappa shape index (κ2) is 2.68. The molecule has 0 radical (unpaired) electrons. The molecule has 66 valence electrons. The topological polar surface area (TPSA) is 36.7 Å². The molecule has 0 bridgehead atoms. The molecule has 1 aliphatic rings. The number of hydrogen-bond donors (Lipinski definition) is 0. The molecule has 0 amide bonds. The van der Waals surface area contributed by atoms with Gasteiger partial charge in [-0.2, -0.15) is 9.65 Å². The van der Waals surface area contributed by atoms with Crippen LogP contribution in [-0.4, -0.2) is 4.98 Å². The Kier molecular flexibility index (Phi) is 1.74. The number of pyridine rings is 1. The SMILES string of the molecule is N#CC1(c2ccc(Cl)nc2F)CC1. The predicted octanol–water partition coefficient (Wildman–Crippen LogP) is 2.43. The number of hydrogen-bond acceptors (Lipinski definition) is 2. The molecule has 1 aromatic heterocycles. The first-order chi connectivity index (χ1) is 6.18. The van der Waals surface area contributed by atoms with Gasteiger partial charge in [-0.25, -0.2) is 4.98 Å². The zero-order valence-electron chi connectivity index (χ0n) is 6.72. The molecule has 0 saturated heterocycles. The van der Waals surface area contributed by atoms with E-state index in [1.54, 1.807) is 6.07 Å². The third-order valence-corrected chi connectivity index (χ3v) is 2.50. The number of nitrogens with zero attached hydrogens (tertiary/aromatic N) is 2. The molecular formula is C9H6ClFN2. The predicted molar refractivity (Wildman–Crippen MR) is 45.7 cm³/mol. The van der Waals surface area contributed by atoms with Gasteiger partial charge in [-0.3, -0.25) is 0 Å². The van der Waals surface area contributed by atoms with Gasteiger partial charge in [0.05, 0.1) is 11.5 Å². The molecule has 13 heavy (non-hydrogen) atoms. The fourth-order valence-corrected chi connectivity index (χ4v) is 1.47. The zero-order chi connectivity index (χ0) is 9.47. The quantitative estimate of drug-likeness (QED) is 0.647. The van der Waals surface area contributed by atoms with Gasteiger partial charge in [0.2, 0.25) is 5.95 Å². The van der Waals surface area contributed by atoms with Gasteiger partial charge in [-0.05, 0) is 25.0 Å². The van der Waals surface area contributed by atoms with Crippen molar-refractivity contribution in [1.29, 1.82) is 5.26 Å². The first kappa shape index (κ1) is 8.46. The van der Waals surface area contributed by atoms with E-state index in [1.807, 2.05) is 0 Å². The highest BCUT2D eigenvalue weighted by Gasteiger charge is 2.47. The van der Waals surface area contributed by atoms with Gasteiger partial charge in [0, 0.05) is 5.56 Å². The van der Waals surface area contributed by atoms with Crippen molar-refractivity contribution in [3.8, 4) is 6.07 Å². The van der Waals surface area contributed by atoms with E-state index < -0.39 is 11.4 Å². The monoisotopic (exact) mass is 196 g/mol. The third-order valence-electron chi connectivity index (χ3n) is 2.29. The average Bonchev–Trinajstić information content (AvgIpc) is 2.85. The summed E-state index contributed by atoms with van der Waals surface area (Å²) in [6.07, 6.45) is 1.42. The summed E-state index contributed by atoms with van der Waals surface area (Å²) in [7, 11) is 0. The summed E-state index contributed by atoms with van der Waals surface area (Å²) < 4.78 is 13.2. The molecule has 0 spiro atoms. The van der Waals surface area contributed by atoms with Crippen LogP contribution in [0.15, 0.2) is 12.1 Å². The van der Waals surface area contributed by atoms with Gasteiger partial charge in [-0.15, -0.1) is 0 Å². The smallest absolute Gasteiger partial charge is 0.208 e. The number of rotatable bonds is 1. The Morgan fingerprint density at radius 2 is 2.23 bits per heavy atom. The van der Waals surface area contributed by atoms with Crippen LogP contribution in [0.25, 0.3) is 0 Å². The Labute approximate surface area is 80.0 Å². The lowest BCUT2D eigenvalue weighted by Gasteiger charge is -2.05. The van der Waals surface area contributed by atoms with Crippen LogP contribution in [-0.2, 0) is 5.41 Å². The summed E-state index contributed by atoms with van der Waals surface area (Å²) in [5.74, 6) is -0.619. The molecule has 2 rings (SSSR count). The molecule has 0 unspecified atom stereocenters. The molecule has 1 heterocycles. The Morgan fingerprint density at radius 1 is 1.54 bits per heavy atom. The van der Waals surface area contributed by atoms with Crippen LogP contribution in [0.5, 0.6) is 0 Å². The van der Waals surface area contributed by atoms with Crippen LogP contribution in [0.1, 0.15) is 18.4 Å². The highest BCUT2D eigenvalue weighted by Crippen LogP contribution is 2.48. The first-order valence-corrected chi connectivity index (χ1v) is 4.29. The van der Waals surface area contributed by atoms with Crippen molar-refractivity contribution >= 4 is 11.6 Å². The minimum Gasteiger partial charge on any atom is -0.208 e. The van der Waals surface area contributed by atoms with E-state index in [2.05, 4.69) is 11.1 Å². The molecule has 2 nitrogen and oxygen atoms in total. The summed E-state index contributed by atoms with van der Waals surface area (Å²) >= 11 is 5.50. The second-order valence-corrected chi connectivity index (χ2v) is 3.55. The fraction of sp³-hybridized carbons (Fsp3) is 0.333. The van der Waals surface area contributed by atoms with E-state index >= 15 is 0 Å². The van der Waals surface area contributed by atoms with Crippen LogP contribution in [0.4, 0.5) is 4.39 Å². The van der Waals surface area contributed by atoms with Gasteiger partial charge in [0.1, 0.15) is 5.15 Å².